The Kier molecular flexibility index (Phi) is 2.79. The first-order chi connectivity index (χ1) is 6.90. The smallest absolute Gasteiger partial charge is 0.236 e. The molecule has 0 bridgehead atoms. The Bertz CT molecular complexity index is 403. The normalized spacial score (nSPS) is 10.3. The van der Waals surface area contributed by atoms with Gasteiger partial charge in [-0.15, -0.1) is 17.9 Å². The molecule has 14 heavy (non-hydrogen) atoms. The van der Waals surface area contributed by atoms with Crippen molar-refractivity contribution in [3.63, 3.8) is 0 Å². The van der Waals surface area contributed by atoms with Crippen molar-refractivity contribution >= 4 is 11.3 Å². The summed E-state index contributed by atoms with van der Waals surface area (Å²) in [6, 6.07) is 4.00. The molecule has 0 spiro atoms. The van der Waals surface area contributed by atoms with E-state index in [1.165, 1.54) is 0 Å². The predicted octanol–water partition coefficient (Wildman–Crippen LogP) is 3.52. The van der Waals surface area contributed by atoms with Gasteiger partial charge < -0.3 is 4.42 Å². The minimum atomic E-state index is 0.721. The van der Waals surface area contributed by atoms with Crippen LogP contribution >= 0.6 is 11.3 Å². The van der Waals surface area contributed by atoms with Crippen LogP contribution in [0, 0.1) is 0 Å². The Balaban J connectivity index is 2.14. The number of allylic oxidation sites excluding steroid dienone is 1. The second kappa shape index (κ2) is 4.24. The van der Waals surface area contributed by atoms with Crippen LogP contribution < -0.4 is 0 Å². The van der Waals surface area contributed by atoms with Crippen molar-refractivity contribution in [2.45, 2.75) is 12.8 Å². The summed E-state index contributed by atoms with van der Waals surface area (Å²) in [5.41, 5.74) is 0. The third-order valence-electron chi connectivity index (χ3n) is 1.88. The van der Waals surface area contributed by atoms with Gasteiger partial charge in [0.15, 0.2) is 0 Å². The van der Waals surface area contributed by atoms with Gasteiger partial charge in [0.05, 0.1) is 11.1 Å². The fourth-order valence-corrected chi connectivity index (χ4v) is 1.84. The molecule has 0 fully saturated rings. The fourth-order valence-electron chi connectivity index (χ4n) is 1.18. The topological polar surface area (TPSA) is 26.0 Å². The second-order valence-corrected chi connectivity index (χ2v) is 3.88. The van der Waals surface area contributed by atoms with E-state index in [-0.39, 0.29) is 0 Å². The Morgan fingerprint density at radius 1 is 1.57 bits per heavy atom. The van der Waals surface area contributed by atoms with Crippen molar-refractivity contribution in [2.24, 2.45) is 0 Å². The number of rotatable bonds is 4. The quantitative estimate of drug-likeness (QED) is 0.714. The molecule has 0 saturated heterocycles. The van der Waals surface area contributed by atoms with Crippen LogP contribution in [0.5, 0.6) is 0 Å². The van der Waals surface area contributed by atoms with Crippen LogP contribution in [0.4, 0.5) is 0 Å². The van der Waals surface area contributed by atoms with Gasteiger partial charge in [-0.25, -0.2) is 4.98 Å². The molecule has 0 radical (unpaired) electrons. The van der Waals surface area contributed by atoms with Crippen LogP contribution in [-0.2, 0) is 6.42 Å². The van der Waals surface area contributed by atoms with Crippen LogP contribution in [0.1, 0.15) is 12.2 Å². The first kappa shape index (κ1) is 9.21. The van der Waals surface area contributed by atoms with Gasteiger partial charge in [-0.2, -0.15) is 0 Å². The van der Waals surface area contributed by atoms with Crippen molar-refractivity contribution in [1.29, 1.82) is 0 Å². The SMILES string of the molecule is C=CCCc1cnc(-c2cccs2)o1. The molecule has 0 unspecified atom stereocenters. The third kappa shape index (κ3) is 1.93. The third-order valence-corrected chi connectivity index (χ3v) is 2.74. The monoisotopic (exact) mass is 205 g/mol. The maximum atomic E-state index is 5.58. The zero-order chi connectivity index (χ0) is 9.80. The van der Waals surface area contributed by atoms with Gasteiger partial charge in [0.2, 0.25) is 5.89 Å². The number of thiophene rings is 1. The number of oxazole rings is 1. The van der Waals surface area contributed by atoms with Crippen LogP contribution in [0.15, 0.2) is 40.8 Å². The van der Waals surface area contributed by atoms with Crippen LogP contribution in [0.25, 0.3) is 10.8 Å². The molecule has 0 N–H and O–H groups in total. The van der Waals surface area contributed by atoms with Crippen molar-refractivity contribution < 1.29 is 4.42 Å². The number of nitrogens with zero attached hydrogens (tertiary/aromatic N) is 1. The summed E-state index contributed by atoms with van der Waals surface area (Å²) >= 11 is 1.64. The Labute approximate surface area is 86.9 Å². The molecule has 2 nitrogen and oxygen atoms in total. The van der Waals surface area contributed by atoms with Crippen molar-refractivity contribution in [3.8, 4) is 10.8 Å². The van der Waals surface area contributed by atoms with Crippen LogP contribution in [0.2, 0.25) is 0 Å². The minimum absolute atomic E-state index is 0.721. The summed E-state index contributed by atoms with van der Waals surface area (Å²) in [4.78, 5) is 5.30. The summed E-state index contributed by atoms with van der Waals surface area (Å²) in [5, 5.41) is 2.02. The number of hydrogen-bond acceptors (Lipinski definition) is 3. The Hall–Kier alpha value is -1.35. The zero-order valence-electron chi connectivity index (χ0n) is 7.77. The summed E-state index contributed by atoms with van der Waals surface area (Å²) < 4.78 is 5.58. The molecule has 2 heterocycles. The van der Waals surface area contributed by atoms with E-state index in [0.717, 1.165) is 29.4 Å². The zero-order valence-corrected chi connectivity index (χ0v) is 8.59. The van der Waals surface area contributed by atoms with E-state index in [0.29, 0.717) is 0 Å². The summed E-state index contributed by atoms with van der Waals surface area (Å²) in [6.45, 7) is 3.67. The number of aryl methyl sites for hydroxylation is 1. The van der Waals surface area contributed by atoms with E-state index in [1.54, 1.807) is 17.5 Å². The van der Waals surface area contributed by atoms with E-state index in [1.807, 2.05) is 23.6 Å². The fraction of sp³-hybridized carbons (Fsp3) is 0.182. The minimum Gasteiger partial charge on any atom is -0.440 e. The molecule has 0 aliphatic rings. The highest BCUT2D eigenvalue weighted by Gasteiger charge is 2.06. The highest BCUT2D eigenvalue weighted by Crippen LogP contribution is 2.24. The van der Waals surface area contributed by atoms with E-state index >= 15 is 0 Å². The lowest BCUT2D eigenvalue weighted by Crippen LogP contribution is -1.76. The number of aromatic nitrogens is 1. The van der Waals surface area contributed by atoms with Gasteiger partial charge in [0.1, 0.15) is 5.76 Å². The van der Waals surface area contributed by atoms with Gasteiger partial charge >= 0.3 is 0 Å². The lowest BCUT2D eigenvalue weighted by atomic mass is 10.3. The van der Waals surface area contributed by atoms with Gasteiger partial charge in [0.25, 0.3) is 0 Å². The average Bonchev–Trinajstić information content (AvgIpc) is 2.85. The maximum Gasteiger partial charge on any atom is 0.236 e. The highest BCUT2D eigenvalue weighted by molar-refractivity contribution is 7.13. The van der Waals surface area contributed by atoms with Gasteiger partial charge in [-0.3, -0.25) is 0 Å². The van der Waals surface area contributed by atoms with Gasteiger partial charge in [0, 0.05) is 6.42 Å². The lowest BCUT2D eigenvalue weighted by molar-refractivity contribution is 0.519. The number of hydrogen-bond donors (Lipinski definition) is 0. The molecular weight excluding hydrogens is 194 g/mol. The van der Waals surface area contributed by atoms with Crippen LogP contribution in [-0.4, -0.2) is 4.98 Å². The summed E-state index contributed by atoms with van der Waals surface area (Å²) in [7, 11) is 0. The standard InChI is InChI=1S/C11H11NOS/c1-2-3-5-9-8-12-11(13-9)10-6-4-7-14-10/h2,4,6-8H,1,3,5H2. The second-order valence-electron chi connectivity index (χ2n) is 2.94. The molecular formula is C11H11NOS. The molecule has 0 atom stereocenters. The predicted molar refractivity (Wildman–Crippen MR) is 58.3 cm³/mol. The molecule has 0 amide bonds. The van der Waals surface area contributed by atoms with E-state index in [4.69, 9.17) is 4.42 Å². The molecule has 0 aliphatic carbocycles. The molecule has 2 rings (SSSR count). The van der Waals surface area contributed by atoms with Gasteiger partial charge in [-0.1, -0.05) is 12.1 Å². The van der Waals surface area contributed by atoms with Crippen molar-refractivity contribution in [2.75, 3.05) is 0 Å². The van der Waals surface area contributed by atoms with Crippen molar-refractivity contribution in [3.05, 3.63) is 42.1 Å². The Morgan fingerprint density at radius 2 is 2.50 bits per heavy atom. The van der Waals surface area contributed by atoms with Crippen molar-refractivity contribution in [1.82, 2.24) is 4.98 Å². The molecule has 2 aromatic rings. The molecule has 0 saturated carbocycles. The van der Waals surface area contributed by atoms with E-state index in [2.05, 4.69) is 11.6 Å². The molecule has 72 valence electrons. The first-order valence-corrected chi connectivity index (χ1v) is 5.37. The molecule has 2 aromatic heterocycles. The highest BCUT2D eigenvalue weighted by atomic mass is 32.1. The summed E-state index contributed by atoms with van der Waals surface area (Å²) in [5.74, 6) is 1.65. The largest absolute Gasteiger partial charge is 0.440 e. The molecule has 3 heteroatoms. The maximum absolute atomic E-state index is 5.58. The van der Waals surface area contributed by atoms with Gasteiger partial charge in [-0.05, 0) is 17.9 Å². The van der Waals surface area contributed by atoms with E-state index in [9.17, 15) is 0 Å². The average molecular weight is 205 g/mol. The molecule has 0 aliphatic heterocycles. The lowest BCUT2D eigenvalue weighted by Gasteiger charge is -1.90. The Morgan fingerprint density at radius 3 is 3.21 bits per heavy atom. The first-order valence-electron chi connectivity index (χ1n) is 4.49. The van der Waals surface area contributed by atoms with Crippen LogP contribution in [0.3, 0.4) is 0 Å². The van der Waals surface area contributed by atoms with E-state index < -0.39 is 0 Å². The summed E-state index contributed by atoms with van der Waals surface area (Å²) in [6.07, 6.45) is 5.48. The molecule has 0 aromatic carbocycles.